The number of benzene rings is 1. The van der Waals surface area contributed by atoms with Gasteiger partial charge in [0.05, 0.1) is 5.69 Å². The van der Waals surface area contributed by atoms with Gasteiger partial charge in [-0.3, -0.25) is 10.6 Å². The number of nitrogens with two attached hydrogens (primary N) is 1. The van der Waals surface area contributed by atoms with Gasteiger partial charge < -0.3 is 10.7 Å². The lowest BCUT2D eigenvalue weighted by atomic mass is 9.81. The molecule has 19 heavy (non-hydrogen) atoms. The molecular weight excluding hydrogens is 238 g/mol. The van der Waals surface area contributed by atoms with Crippen molar-refractivity contribution in [2.24, 2.45) is 17.2 Å². The number of rotatable bonds is 5. The van der Waals surface area contributed by atoms with Gasteiger partial charge in [-0.05, 0) is 42.0 Å². The molecule has 106 valence electrons. The van der Waals surface area contributed by atoms with Gasteiger partial charge in [0.2, 0.25) is 0 Å². The van der Waals surface area contributed by atoms with Gasteiger partial charge in [-0.15, -0.1) is 0 Å². The summed E-state index contributed by atoms with van der Waals surface area (Å²) in [5.41, 5.74) is 5.14. The molecule has 1 aromatic rings. The lowest BCUT2D eigenvalue weighted by Crippen LogP contribution is -2.37. The van der Waals surface area contributed by atoms with Crippen molar-refractivity contribution in [1.29, 1.82) is 0 Å². The Morgan fingerprint density at radius 1 is 1.37 bits per heavy atom. The van der Waals surface area contributed by atoms with Gasteiger partial charge in [0, 0.05) is 12.1 Å². The number of carbonyl (C=O) groups is 1. The highest BCUT2D eigenvalue weighted by Crippen LogP contribution is 2.24. The summed E-state index contributed by atoms with van der Waals surface area (Å²) < 4.78 is 0. The number of aryl methyl sites for hydroxylation is 1. The summed E-state index contributed by atoms with van der Waals surface area (Å²) in [5.74, 6) is 5.85. The quantitative estimate of drug-likeness (QED) is 0.565. The van der Waals surface area contributed by atoms with Crippen molar-refractivity contribution < 1.29 is 4.79 Å². The summed E-state index contributed by atoms with van der Waals surface area (Å²) >= 11 is 0. The minimum absolute atomic E-state index is 0.0413. The molecule has 0 fully saturated rings. The van der Waals surface area contributed by atoms with Crippen LogP contribution in [0.15, 0.2) is 18.2 Å². The minimum atomic E-state index is -0.0413. The topological polar surface area (TPSA) is 67.2 Å². The SMILES string of the molecule is Cc1cc(C(=O)NCC(C)(C)C(C)C)ccc1NN. The molecule has 1 amide bonds. The summed E-state index contributed by atoms with van der Waals surface area (Å²) in [6.45, 7) is 11.2. The first-order chi connectivity index (χ1) is 8.77. The van der Waals surface area contributed by atoms with E-state index in [1.807, 2.05) is 19.1 Å². The number of nitrogens with one attached hydrogen (secondary N) is 2. The third-order valence-electron chi connectivity index (χ3n) is 3.91. The molecule has 0 atom stereocenters. The van der Waals surface area contributed by atoms with Crippen LogP contribution in [-0.4, -0.2) is 12.5 Å². The average molecular weight is 263 g/mol. The van der Waals surface area contributed by atoms with Crippen LogP contribution in [0.1, 0.15) is 43.6 Å². The molecule has 0 heterocycles. The lowest BCUT2D eigenvalue weighted by Gasteiger charge is -2.29. The lowest BCUT2D eigenvalue weighted by molar-refractivity contribution is 0.0924. The summed E-state index contributed by atoms with van der Waals surface area (Å²) in [5, 5.41) is 2.99. The van der Waals surface area contributed by atoms with E-state index in [0.717, 1.165) is 11.3 Å². The zero-order valence-corrected chi connectivity index (χ0v) is 12.5. The molecule has 1 aromatic carbocycles. The second-order valence-corrected chi connectivity index (χ2v) is 6.00. The Labute approximate surface area is 115 Å². The van der Waals surface area contributed by atoms with Crippen LogP contribution in [0, 0.1) is 18.3 Å². The van der Waals surface area contributed by atoms with E-state index in [1.165, 1.54) is 0 Å². The van der Waals surface area contributed by atoms with Gasteiger partial charge in [-0.2, -0.15) is 0 Å². The van der Waals surface area contributed by atoms with Crippen molar-refractivity contribution in [3.05, 3.63) is 29.3 Å². The second-order valence-electron chi connectivity index (χ2n) is 6.00. The Bertz CT molecular complexity index is 453. The normalized spacial score (nSPS) is 11.5. The van der Waals surface area contributed by atoms with Crippen molar-refractivity contribution >= 4 is 11.6 Å². The molecule has 4 heteroatoms. The number of hydrazine groups is 1. The number of carbonyl (C=O) groups excluding carboxylic acids is 1. The molecule has 0 spiro atoms. The van der Waals surface area contributed by atoms with Gasteiger partial charge in [0.25, 0.3) is 5.91 Å². The van der Waals surface area contributed by atoms with Gasteiger partial charge in [-0.25, -0.2) is 0 Å². The van der Waals surface area contributed by atoms with Crippen molar-refractivity contribution in [3.63, 3.8) is 0 Å². The summed E-state index contributed by atoms with van der Waals surface area (Å²) in [7, 11) is 0. The monoisotopic (exact) mass is 263 g/mol. The molecule has 0 saturated carbocycles. The molecule has 0 aliphatic carbocycles. The van der Waals surface area contributed by atoms with Crippen LogP contribution in [-0.2, 0) is 0 Å². The highest BCUT2D eigenvalue weighted by atomic mass is 16.1. The van der Waals surface area contributed by atoms with E-state index in [4.69, 9.17) is 5.84 Å². The predicted molar refractivity (Wildman–Crippen MR) is 79.9 cm³/mol. The summed E-state index contributed by atoms with van der Waals surface area (Å²) in [6.07, 6.45) is 0. The Kier molecular flexibility index (Phi) is 4.95. The van der Waals surface area contributed by atoms with Crippen LogP contribution in [0.4, 0.5) is 5.69 Å². The Balaban J connectivity index is 2.72. The number of nitrogen functional groups attached to an aromatic ring is 1. The van der Waals surface area contributed by atoms with Crippen LogP contribution in [0.2, 0.25) is 0 Å². The van der Waals surface area contributed by atoms with Crippen LogP contribution in [0.25, 0.3) is 0 Å². The third kappa shape index (κ3) is 3.96. The van der Waals surface area contributed by atoms with E-state index < -0.39 is 0 Å². The maximum atomic E-state index is 12.1. The average Bonchev–Trinajstić information content (AvgIpc) is 2.35. The molecule has 0 aliphatic rings. The van der Waals surface area contributed by atoms with Crippen molar-refractivity contribution in [3.8, 4) is 0 Å². The first-order valence-corrected chi connectivity index (χ1v) is 6.63. The van der Waals surface area contributed by atoms with Crippen LogP contribution in [0.3, 0.4) is 0 Å². The van der Waals surface area contributed by atoms with Crippen molar-refractivity contribution in [2.45, 2.75) is 34.6 Å². The number of anilines is 1. The fraction of sp³-hybridized carbons (Fsp3) is 0.533. The van der Waals surface area contributed by atoms with E-state index in [1.54, 1.807) is 6.07 Å². The number of hydrogen-bond acceptors (Lipinski definition) is 3. The third-order valence-corrected chi connectivity index (χ3v) is 3.91. The maximum Gasteiger partial charge on any atom is 0.251 e. The first-order valence-electron chi connectivity index (χ1n) is 6.63. The fourth-order valence-corrected chi connectivity index (χ4v) is 1.58. The fourth-order valence-electron chi connectivity index (χ4n) is 1.58. The number of amides is 1. The minimum Gasteiger partial charge on any atom is -0.351 e. The molecular formula is C15H25N3O. The first kappa shape index (κ1) is 15.5. The van der Waals surface area contributed by atoms with E-state index >= 15 is 0 Å². The maximum absolute atomic E-state index is 12.1. The van der Waals surface area contributed by atoms with Crippen LogP contribution < -0.4 is 16.6 Å². The highest BCUT2D eigenvalue weighted by Gasteiger charge is 2.23. The zero-order valence-electron chi connectivity index (χ0n) is 12.5. The van der Waals surface area contributed by atoms with Crippen LogP contribution in [0.5, 0.6) is 0 Å². The standard InChI is InChI=1S/C15H25N3O/c1-10(2)15(4,5)9-17-14(19)12-6-7-13(18-16)11(3)8-12/h6-8,10,18H,9,16H2,1-5H3,(H,17,19). The zero-order chi connectivity index (χ0) is 14.6. The van der Waals surface area contributed by atoms with Crippen molar-refractivity contribution in [2.75, 3.05) is 12.0 Å². The van der Waals surface area contributed by atoms with Gasteiger partial charge in [-0.1, -0.05) is 27.7 Å². The largest absolute Gasteiger partial charge is 0.351 e. The van der Waals surface area contributed by atoms with E-state index in [9.17, 15) is 4.79 Å². The molecule has 0 aliphatic heterocycles. The Hall–Kier alpha value is -1.55. The second kappa shape index (κ2) is 6.06. The smallest absolute Gasteiger partial charge is 0.251 e. The van der Waals surface area contributed by atoms with Gasteiger partial charge in [0.1, 0.15) is 0 Å². The predicted octanol–water partition coefficient (Wildman–Crippen LogP) is 2.69. The van der Waals surface area contributed by atoms with Crippen molar-refractivity contribution in [1.82, 2.24) is 5.32 Å². The number of hydrogen-bond donors (Lipinski definition) is 3. The summed E-state index contributed by atoms with van der Waals surface area (Å²) in [4.78, 5) is 12.1. The van der Waals surface area contributed by atoms with E-state index in [2.05, 4.69) is 38.4 Å². The van der Waals surface area contributed by atoms with Gasteiger partial charge >= 0.3 is 0 Å². The van der Waals surface area contributed by atoms with E-state index in [0.29, 0.717) is 18.0 Å². The van der Waals surface area contributed by atoms with Gasteiger partial charge in [0.15, 0.2) is 0 Å². The molecule has 4 nitrogen and oxygen atoms in total. The highest BCUT2D eigenvalue weighted by molar-refractivity contribution is 5.94. The molecule has 0 bridgehead atoms. The molecule has 0 unspecified atom stereocenters. The summed E-state index contributed by atoms with van der Waals surface area (Å²) in [6, 6.07) is 5.44. The molecule has 0 radical (unpaired) electrons. The van der Waals surface area contributed by atoms with Crippen LogP contribution >= 0.6 is 0 Å². The Morgan fingerprint density at radius 3 is 2.47 bits per heavy atom. The molecule has 0 aromatic heterocycles. The molecule has 0 saturated heterocycles. The Morgan fingerprint density at radius 2 is 2.00 bits per heavy atom. The van der Waals surface area contributed by atoms with E-state index in [-0.39, 0.29) is 11.3 Å². The molecule has 4 N–H and O–H groups in total. The molecule has 1 rings (SSSR count).